The normalized spacial score (nSPS) is 10.5. The van der Waals surface area contributed by atoms with Gasteiger partial charge in [-0.25, -0.2) is 0 Å². The SMILES string of the molecule is CCc1nncn1CCNC(=O)CCCc1ccccc1. The van der Waals surface area contributed by atoms with Crippen LogP contribution >= 0.6 is 0 Å². The molecule has 0 aliphatic rings. The maximum atomic E-state index is 11.8. The van der Waals surface area contributed by atoms with Gasteiger partial charge in [0, 0.05) is 25.9 Å². The first-order valence-electron chi connectivity index (χ1n) is 7.47. The molecule has 5 heteroatoms. The van der Waals surface area contributed by atoms with Crippen LogP contribution in [0.5, 0.6) is 0 Å². The van der Waals surface area contributed by atoms with Crippen molar-refractivity contribution in [2.24, 2.45) is 0 Å². The quantitative estimate of drug-likeness (QED) is 0.807. The Hall–Kier alpha value is -2.17. The Morgan fingerprint density at radius 3 is 2.86 bits per heavy atom. The molecule has 112 valence electrons. The van der Waals surface area contributed by atoms with E-state index in [1.54, 1.807) is 6.33 Å². The molecular formula is C16H22N4O. The van der Waals surface area contributed by atoms with Crippen molar-refractivity contribution in [2.75, 3.05) is 6.54 Å². The molecule has 1 heterocycles. The topological polar surface area (TPSA) is 59.8 Å². The van der Waals surface area contributed by atoms with Crippen molar-refractivity contribution in [1.82, 2.24) is 20.1 Å². The Morgan fingerprint density at radius 1 is 1.29 bits per heavy atom. The number of nitrogens with zero attached hydrogens (tertiary/aromatic N) is 3. The van der Waals surface area contributed by atoms with Gasteiger partial charge in [0.05, 0.1) is 0 Å². The zero-order chi connectivity index (χ0) is 14.9. The number of carbonyl (C=O) groups excluding carboxylic acids is 1. The second-order valence-corrected chi connectivity index (χ2v) is 4.98. The molecule has 5 nitrogen and oxygen atoms in total. The molecule has 0 saturated carbocycles. The van der Waals surface area contributed by atoms with Gasteiger partial charge in [0.25, 0.3) is 0 Å². The monoisotopic (exact) mass is 286 g/mol. The molecule has 0 spiro atoms. The van der Waals surface area contributed by atoms with E-state index >= 15 is 0 Å². The Labute approximate surface area is 125 Å². The van der Waals surface area contributed by atoms with E-state index in [9.17, 15) is 4.79 Å². The summed E-state index contributed by atoms with van der Waals surface area (Å²) in [6, 6.07) is 10.2. The average molecular weight is 286 g/mol. The van der Waals surface area contributed by atoms with Gasteiger partial charge >= 0.3 is 0 Å². The molecule has 1 aromatic heterocycles. The molecule has 0 radical (unpaired) electrons. The van der Waals surface area contributed by atoms with Gasteiger partial charge in [-0.15, -0.1) is 10.2 Å². The van der Waals surface area contributed by atoms with Gasteiger partial charge in [-0.2, -0.15) is 0 Å². The van der Waals surface area contributed by atoms with E-state index in [1.807, 2.05) is 29.7 Å². The van der Waals surface area contributed by atoms with Crippen LogP contribution in [0.3, 0.4) is 0 Å². The summed E-state index contributed by atoms with van der Waals surface area (Å²) in [6.45, 7) is 3.39. The number of hydrogen-bond acceptors (Lipinski definition) is 3. The van der Waals surface area contributed by atoms with E-state index in [-0.39, 0.29) is 5.91 Å². The number of aromatic nitrogens is 3. The molecule has 0 aliphatic heterocycles. The molecule has 0 saturated heterocycles. The molecule has 0 atom stereocenters. The lowest BCUT2D eigenvalue weighted by Crippen LogP contribution is -2.27. The van der Waals surface area contributed by atoms with Crippen LogP contribution in [0, 0.1) is 0 Å². The molecule has 0 aliphatic carbocycles. The first-order chi connectivity index (χ1) is 10.3. The van der Waals surface area contributed by atoms with Crippen LogP contribution in [0.2, 0.25) is 0 Å². The van der Waals surface area contributed by atoms with Crippen LogP contribution in [0.25, 0.3) is 0 Å². The summed E-state index contributed by atoms with van der Waals surface area (Å²) < 4.78 is 1.98. The zero-order valence-electron chi connectivity index (χ0n) is 12.5. The van der Waals surface area contributed by atoms with E-state index < -0.39 is 0 Å². The highest BCUT2D eigenvalue weighted by molar-refractivity contribution is 5.75. The minimum absolute atomic E-state index is 0.108. The Bertz CT molecular complexity index is 550. The molecule has 0 fully saturated rings. The lowest BCUT2D eigenvalue weighted by molar-refractivity contribution is -0.121. The van der Waals surface area contributed by atoms with Crippen molar-refractivity contribution in [2.45, 2.75) is 39.2 Å². The number of rotatable bonds is 8. The van der Waals surface area contributed by atoms with Gasteiger partial charge in [-0.05, 0) is 18.4 Å². The van der Waals surface area contributed by atoms with Gasteiger partial charge in [-0.1, -0.05) is 37.3 Å². The maximum Gasteiger partial charge on any atom is 0.220 e. The third-order valence-electron chi connectivity index (χ3n) is 3.40. The second-order valence-electron chi connectivity index (χ2n) is 4.98. The van der Waals surface area contributed by atoms with Crippen molar-refractivity contribution < 1.29 is 4.79 Å². The minimum Gasteiger partial charge on any atom is -0.354 e. The first-order valence-corrected chi connectivity index (χ1v) is 7.47. The van der Waals surface area contributed by atoms with E-state index in [0.717, 1.165) is 31.6 Å². The summed E-state index contributed by atoms with van der Waals surface area (Å²) in [5.41, 5.74) is 1.28. The molecule has 0 unspecified atom stereocenters. The molecule has 2 aromatic rings. The zero-order valence-corrected chi connectivity index (χ0v) is 12.5. The molecule has 1 aromatic carbocycles. The summed E-state index contributed by atoms with van der Waals surface area (Å²) in [4.78, 5) is 11.8. The van der Waals surface area contributed by atoms with E-state index in [4.69, 9.17) is 0 Å². The third-order valence-corrected chi connectivity index (χ3v) is 3.40. The molecule has 2 rings (SSSR count). The predicted octanol–water partition coefficient (Wildman–Crippen LogP) is 1.98. The van der Waals surface area contributed by atoms with Crippen LogP contribution in [0.1, 0.15) is 31.2 Å². The highest BCUT2D eigenvalue weighted by Crippen LogP contribution is 2.04. The lowest BCUT2D eigenvalue weighted by Gasteiger charge is -2.07. The van der Waals surface area contributed by atoms with Crippen molar-refractivity contribution in [3.63, 3.8) is 0 Å². The van der Waals surface area contributed by atoms with E-state index in [2.05, 4.69) is 27.6 Å². The Balaban J connectivity index is 1.62. The lowest BCUT2D eigenvalue weighted by atomic mass is 10.1. The van der Waals surface area contributed by atoms with Crippen LogP contribution < -0.4 is 5.32 Å². The van der Waals surface area contributed by atoms with Crippen LogP contribution in [-0.4, -0.2) is 27.2 Å². The van der Waals surface area contributed by atoms with Crippen LogP contribution in [-0.2, 0) is 24.2 Å². The van der Waals surface area contributed by atoms with Gasteiger partial charge in [0.2, 0.25) is 5.91 Å². The average Bonchev–Trinajstić information content (AvgIpc) is 2.96. The number of amides is 1. The highest BCUT2D eigenvalue weighted by Gasteiger charge is 2.03. The van der Waals surface area contributed by atoms with Crippen molar-refractivity contribution >= 4 is 5.91 Å². The summed E-state index contributed by atoms with van der Waals surface area (Å²) in [7, 11) is 0. The number of hydrogen-bond donors (Lipinski definition) is 1. The molecule has 1 amide bonds. The standard InChI is InChI=1S/C16H22N4O/c1-2-15-19-18-13-20(15)12-11-17-16(21)10-6-9-14-7-4-3-5-8-14/h3-5,7-8,13H,2,6,9-12H2,1H3,(H,17,21). The smallest absolute Gasteiger partial charge is 0.220 e. The van der Waals surface area contributed by atoms with Gasteiger partial charge in [-0.3, -0.25) is 4.79 Å². The third kappa shape index (κ3) is 5.02. The fourth-order valence-electron chi connectivity index (χ4n) is 2.24. The number of aryl methyl sites for hydroxylation is 2. The highest BCUT2D eigenvalue weighted by atomic mass is 16.1. The summed E-state index contributed by atoms with van der Waals surface area (Å²) in [5.74, 6) is 1.06. The number of benzene rings is 1. The minimum atomic E-state index is 0.108. The van der Waals surface area contributed by atoms with Crippen LogP contribution in [0.15, 0.2) is 36.7 Å². The molecule has 21 heavy (non-hydrogen) atoms. The fourth-order valence-corrected chi connectivity index (χ4v) is 2.24. The van der Waals surface area contributed by atoms with Gasteiger partial charge in [0.15, 0.2) is 0 Å². The largest absolute Gasteiger partial charge is 0.354 e. The molecule has 0 bridgehead atoms. The van der Waals surface area contributed by atoms with E-state index in [1.165, 1.54) is 5.56 Å². The van der Waals surface area contributed by atoms with E-state index in [0.29, 0.717) is 13.0 Å². The second kappa shape index (κ2) is 8.19. The van der Waals surface area contributed by atoms with Crippen molar-refractivity contribution in [3.05, 3.63) is 48.0 Å². The molecule has 1 N–H and O–H groups in total. The predicted molar refractivity (Wildman–Crippen MR) is 81.8 cm³/mol. The Morgan fingerprint density at radius 2 is 2.10 bits per heavy atom. The van der Waals surface area contributed by atoms with Gasteiger partial charge < -0.3 is 9.88 Å². The number of carbonyl (C=O) groups is 1. The molecular weight excluding hydrogens is 264 g/mol. The fraction of sp³-hybridized carbons (Fsp3) is 0.438. The first kappa shape index (κ1) is 15.2. The van der Waals surface area contributed by atoms with Gasteiger partial charge in [0.1, 0.15) is 12.2 Å². The summed E-state index contributed by atoms with van der Waals surface area (Å²) in [6.07, 6.45) is 4.95. The maximum absolute atomic E-state index is 11.8. The van der Waals surface area contributed by atoms with Crippen molar-refractivity contribution in [1.29, 1.82) is 0 Å². The van der Waals surface area contributed by atoms with Crippen molar-refractivity contribution in [3.8, 4) is 0 Å². The van der Waals surface area contributed by atoms with Crippen LogP contribution in [0.4, 0.5) is 0 Å². The Kier molecular flexibility index (Phi) is 5.94. The summed E-state index contributed by atoms with van der Waals surface area (Å²) in [5, 5.41) is 10.8. The summed E-state index contributed by atoms with van der Waals surface area (Å²) >= 11 is 0. The number of nitrogens with one attached hydrogen (secondary N) is 1.